The number of aryl methyl sites for hydroxylation is 4. The average Bonchev–Trinajstić information content (AvgIpc) is 1.28. The van der Waals surface area contributed by atoms with E-state index in [9.17, 15) is 19.2 Å². The van der Waals surface area contributed by atoms with Gasteiger partial charge >= 0.3 is 23.9 Å². The number of rotatable bonds is 24. The first kappa shape index (κ1) is 76.7. The zero-order valence-electron chi connectivity index (χ0n) is 59.5. The summed E-state index contributed by atoms with van der Waals surface area (Å²) >= 11 is 6.48. The molecule has 0 aliphatic rings. The average molecular weight is 1470 g/mol. The Balaban J connectivity index is 0.000000161. The molecule has 0 spiro atoms. The molecule has 4 N–H and O–H groups in total. The molecule has 8 heterocycles. The smallest absolute Gasteiger partial charge is 0.337 e. The van der Waals surface area contributed by atoms with Gasteiger partial charge in [-0.25, -0.2) is 59.0 Å². The third-order valence-corrected chi connectivity index (χ3v) is 18.8. The molecule has 0 saturated heterocycles. The van der Waals surface area contributed by atoms with Crippen LogP contribution in [-0.2, 0) is 57.5 Å². The second-order valence-corrected chi connectivity index (χ2v) is 25.9. The van der Waals surface area contributed by atoms with E-state index in [2.05, 4.69) is 77.5 Å². The van der Waals surface area contributed by atoms with E-state index in [0.29, 0.717) is 52.6 Å². The molecule has 0 aliphatic carbocycles. The van der Waals surface area contributed by atoms with Crippen LogP contribution in [-0.4, -0.2) is 92.2 Å². The first-order valence-electron chi connectivity index (χ1n) is 33.2. The number of methoxy groups -OCH3 is 4. The van der Waals surface area contributed by atoms with Gasteiger partial charge in [-0.2, -0.15) is 45.3 Å². The van der Waals surface area contributed by atoms with Crippen molar-refractivity contribution in [2.75, 3.05) is 49.7 Å². The van der Waals surface area contributed by atoms with Crippen LogP contribution >= 0.6 is 45.3 Å². The van der Waals surface area contributed by atoms with E-state index in [0.717, 1.165) is 145 Å². The van der Waals surface area contributed by atoms with Crippen LogP contribution in [0.2, 0.25) is 0 Å². The minimum Gasteiger partial charge on any atom is -0.465 e. The van der Waals surface area contributed by atoms with E-state index < -0.39 is 0 Å². The maximum atomic E-state index is 11.6. The SMILES string of the molecule is C=CCc1c(C)nc(-c2ccsc2)nc1Nc1ccc(C(=O)OC)cc1.C=CCc1c(CC)nc(-c2ccsc2)nc1Nc1ccc(C(=O)OC)cc1.CCc1c(C)nc(-c2ccsc2)nc1Nc1ccc(C(=O)OC)cc1.CCc1nc(-c2ccsc2)nc(Nc2ccc(C(=O)OC)cc2)c1CC. The summed E-state index contributed by atoms with van der Waals surface area (Å²) in [5.74, 6) is 4.52. The number of nitrogens with one attached hydrogen (secondary N) is 4. The number of ether oxygens (including phenoxy) is 4. The summed E-state index contributed by atoms with van der Waals surface area (Å²) in [4.78, 5) is 84.0. The van der Waals surface area contributed by atoms with E-state index in [1.165, 1.54) is 28.4 Å². The van der Waals surface area contributed by atoms with Gasteiger partial charge in [-0.1, -0.05) is 39.8 Å². The van der Waals surface area contributed by atoms with Crippen molar-refractivity contribution in [3.63, 3.8) is 0 Å². The van der Waals surface area contributed by atoms with Crippen molar-refractivity contribution in [1.29, 1.82) is 0 Å². The summed E-state index contributed by atoms with van der Waals surface area (Å²) in [6.07, 6.45) is 8.36. The van der Waals surface area contributed by atoms with Crippen LogP contribution in [0.4, 0.5) is 46.0 Å². The highest BCUT2D eigenvalue weighted by Gasteiger charge is 2.20. The zero-order chi connectivity index (χ0) is 74.1. The lowest BCUT2D eigenvalue weighted by atomic mass is 10.1. The fraction of sp³-hybridized carbons (Fsp3) is 0.200. The lowest BCUT2D eigenvalue weighted by Gasteiger charge is -2.15. The molecule has 24 heteroatoms. The van der Waals surface area contributed by atoms with E-state index in [1.54, 1.807) is 93.9 Å². The second-order valence-electron chi connectivity index (χ2n) is 22.8. The van der Waals surface area contributed by atoms with Crippen molar-refractivity contribution in [3.8, 4) is 45.6 Å². The number of thiophene rings is 4. The number of allylic oxidation sites excluding steroid dienone is 2. The highest BCUT2D eigenvalue weighted by Crippen LogP contribution is 2.33. The second kappa shape index (κ2) is 38.0. The molecule has 8 aromatic heterocycles. The Morgan fingerprint density at radius 1 is 0.346 bits per heavy atom. The zero-order valence-corrected chi connectivity index (χ0v) is 62.7. The van der Waals surface area contributed by atoms with E-state index >= 15 is 0 Å². The summed E-state index contributed by atoms with van der Waals surface area (Å²) in [7, 11) is 5.49. The minimum absolute atomic E-state index is 0.346. The topological polar surface area (TPSA) is 256 Å². The van der Waals surface area contributed by atoms with Gasteiger partial charge in [-0.05, 0) is 195 Å². The Bertz CT molecular complexity index is 4840. The minimum atomic E-state index is -0.360. The van der Waals surface area contributed by atoms with Crippen LogP contribution in [0.1, 0.15) is 114 Å². The summed E-state index contributed by atoms with van der Waals surface area (Å²) < 4.78 is 18.9. The number of nitrogens with zero attached hydrogens (tertiary/aromatic N) is 8. The van der Waals surface area contributed by atoms with Crippen LogP contribution in [0.25, 0.3) is 45.6 Å². The summed E-state index contributed by atoms with van der Waals surface area (Å²) in [5.41, 5.74) is 17.6. The first-order chi connectivity index (χ1) is 50.5. The Morgan fingerprint density at radius 3 is 0.875 bits per heavy atom. The van der Waals surface area contributed by atoms with Crippen molar-refractivity contribution in [1.82, 2.24) is 39.9 Å². The Morgan fingerprint density at radius 2 is 0.606 bits per heavy atom. The van der Waals surface area contributed by atoms with Gasteiger partial charge in [0.15, 0.2) is 23.3 Å². The van der Waals surface area contributed by atoms with Crippen molar-refractivity contribution in [3.05, 3.63) is 257 Å². The molecule has 104 heavy (non-hydrogen) atoms. The molecule has 4 aromatic carbocycles. The number of carbonyl (C=O) groups is 4. The molecule has 0 radical (unpaired) electrons. The highest BCUT2D eigenvalue weighted by molar-refractivity contribution is 7.09. The molecule has 20 nitrogen and oxygen atoms in total. The molecule has 0 aliphatic heterocycles. The van der Waals surface area contributed by atoms with Gasteiger partial charge in [0.2, 0.25) is 0 Å². The summed E-state index contributed by atoms with van der Waals surface area (Å²) in [5, 5.41) is 29.7. The number of hydrogen-bond acceptors (Lipinski definition) is 24. The van der Waals surface area contributed by atoms with E-state index in [4.69, 9.17) is 48.9 Å². The van der Waals surface area contributed by atoms with Gasteiger partial charge in [-0.3, -0.25) is 0 Å². The molecule has 12 rings (SSSR count). The fourth-order valence-corrected chi connectivity index (χ4v) is 13.2. The molecule has 0 fully saturated rings. The lowest BCUT2D eigenvalue weighted by molar-refractivity contribution is 0.0592. The van der Waals surface area contributed by atoms with Crippen molar-refractivity contribution in [2.24, 2.45) is 0 Å². The number of anilines is 8. The van der Waals surface area contributed by atoms with Gasteiger partial charge in [0, 0.05) is 112 Å². The number of esters is 4. The van der Waals surface area contributed by atoms with Crippen LogP contribution in [0.3, 0.4) is 0 Å². The van der Waals surface area contributed by atoms with Crippen LogP contribution in [0.15, 0.2) is 190 Å². The monoisotopic (exact) mass is 1460 g/mol. The molecule has 0 atom stereocenters. The quantitative estimate of drug-likeness (QED) is 0.0249. The number of benzene rings is 4. The number of hydrogen-bond donors (Lipinski definition) is 4. The molecule has 12 aromatic rings. The van der Waals surface area contributed by atoms with Crippen LogP contribution in [0, 0.1) is 13.8 Å². The Hall–Kier alpha value is -11.4. The maximum absolute atomic E-state index is 11.6. The normalized spacial score (nSPS) is 10.5. The standard InChI is InChI=1S/C21H21N3O2S.C20H19N3O2S.C20H21N3O2S.C19H19N3O2S/c1-4-6-17-18(5-2)23-19(15-11-12-27-13-15)24-20(17)22-16-9-7-14(8-10-16)21(25)26-3;1-4-5-17-13(2)21-18(15-10-11-26-12-15)23-19(17)22-16-8-6-14(7-9-16)20(24)25-3;1-4-16-17(5-2)22-18(14-10-11-26-12-14)23-19(16)21-15-8-6-13(7-9-15)20(24)25-3;1-4-16-12(2)20-17(14-9-10-25-11-14)22-18(16)21-15-7-5-13(6-8-15)19(23)24-3/h4,7-13H,1,5-6H2,2-3H3,(H,22,23,24);4,6-12H,1,5H2,2-3H3,(H,21,22,23);6-12H,4-5H2,1-3H3,(H,21,22,23);5-11H,4H2,1-3H3,(H,20,21,22). The molecule has 0 saturated carbocycles. The maximum Gasteiger partial charge on any atom is 0.337 e. The van der Waals surface area contributed by atoms with Gasteiger partial charge in [-0.15, -0.1) is 13.2 Å². The third-order valence-electron chi connectivity index (χ3n) is 16.1. The van der Waals surface area contributed by atoms with Crippen molar-refractivity contribution < 1.29 is 38.1 Å². The molecular weight excluding hydrogens is 1390 g/mol. The summed E-state index contributed by atoms with van der Waals surface area (Å²) in [6.45, 7) is 20.0. The largest absolute Gasteiger partial charge is 0.465 e. The van der Waals surface area contributed by atoms with Gasteiger partial charge in [0.1, 0.15) is 23.3 Å². The van der Waals surface area contributed by atoms with Crippen LogP contribution < -0.4 is 21.3 Å². The summed E-state index contributed by atoms with van der Waals surface area (Å²) in [6, 6.07) is 36.6. The first-order valence-corrected chi connectivity index (χ1v) is 37.0. The molecule has 0 unspecified atom stereocenters. The molecular formula is C80H80N12O8S4. The molecule has 532 valence electrons. The lowest BCUT2D eigenvalue weighted by Crippen LogP contribution is -2.07. The van der Waals surface area contributed by atoms with E-state index in [1.807, 2.05) is 136 Å². The Kier molecular flexibility index (Phi) is 28.0. The fourth-order valence-electron chi connectivity index (χ4n) is 10.7. The molecule has 0 amide bonds. The van der Waals surface area contributed by atoms with Crippen molar-refractivity contribution >= 4 is 115 Å². The third kappa shape index (κ3) is 20.0. The van der Waals surface area contributed by atoms with Crippen molar-refractivity contribution in [2.45, 2.75) is 80.1 Å². The van der Waals surface area contributed by atoms with Gasteiger partial charge in [0.05, 0.1) is 50.7 Å². The van der Waals surface area contributed by atoms with Gasteiger partial charge in [0.25, 0.3) is 0 Å². The predicted octanol–water partition coefficient (Wildman–Crippen LogP) is 19.3. The van der Waals surface area contributed by atoms with Gasteiger partial charge < -0.3 is 40.2 Å². The number of carbonyl (C=O) groups excluding carboxylic acids is 4. The Labute approximate surface area is 621 Å². The van der Waals surface area contributed by atoms with Crippen LogP contribution in [0.5, 0.6) is 0 Å². The number of aromatic nitrogens is 8. The highest BCUT2D eigenvalue weighted by atomic mass is 32.1. The van der Waals surface area contributed by atoms with E-state index in [-0.39, 0.29) is 23.9 Å². The molecule has 0 bridgehead atoms. The predicted molar refractivity (Wildman–Crippen MR) is 420 cm³/mol.